The molecule has 0 aromatic rings. The summed E-state index contributed by atoms with van der Waals surface area (Å²) in [6.07, 6.45) is 3.50. The summed E-state index contributed by atoms with van der Waals surface area (Å²) in [7, 11) is 0. The van der Waals surface area contributed by atoms with Crippen LogP contribution in [-0.2, 0) is 38.1 Å². The molecule has 0 aromatic carbocycles. The molecule has 0 unspecified atom stereocenters. The van der Waals surface area contributed by atoms with Crippen molar-refractivity contribution in [2.45, 2.75) is 80.1 Å². The van der Waals surface area contributed by atoms with E-state index >= 15 is 0 Å². The first kappa shape index (κ1) is 27.9. The third-order valence-electron chi connectivity index (χ3n) is 3.90. The lowest BCUT2D eigenvalue weighted by Gasteiger charge is -2.16. The quantitative estimate of drug-likeness (QED) is 0.248. The van der Waals surface area contributed by atoms with Gasteiger partial charge in [0.05, 0.1) is 10.8 Å². The Morgan fingerprint density at radius 2 is 0.800 bits per heavy atom. The summed E-state index contributed by atoms with van der Waals surface area (Å²) in [5, 5.41) is 0. The van der Waals surface area contributed by atoms with Gasteiger partial charge in [-0.2, -0.15) is 0 Å². The molecule has 8 nitrogen and oxygen atoms in total. The highest BCUT2D eigenvalue weighted by Gasteiger charge is 2.23. The largest absolute Gasteiger partial charge is 0.462 e. The van der Waals surface area contributed by atoms with Crippen LogP contribution in [-0.4, -0.2) is 50.3 Å². The van der Waals surface area contributed by atoms with Crippen molar-refractivity contribution in [3.8, 4) is 0 Å². The zero-order valence-electron chi connectivity index (χ0n) is 19.3. The Morgan fingerprint density at radius 3 is 1.10 bits per heavy atom. The molecule has 8 heteroatoms. The molecule has 0 rings (SSSR count). The molecule has 0 heterocycles. The average molecular weight is 431 g/mol. The summed E-state index contributed by atoms with van der Waals surface area (Å²) in [4.78, 5) is 46.3. The van der Waals surface area contributed by atoms with E-state index in [0.29, 0.717) is 12.8 Å². The lowest BCUT2D eigenvalue weighted by atomic mass is 9.97. The predicted molar refractivity (Wildman–Crippen MR) is 110 cm³/mol. The van der Waals surface area contributed by atoms with Crippen LogP contribution in [0.25, 0.3) is 0 Å². The van der Waals surface area contributed by atoms with E-state index in [1.807, 2.05) is 0 Å². The molecule has 0 aromatic heterocycles. The summed E-state index contributed by atoms with van der Waals surface area (Å²) in [5.41, 5.74) is -1.15. The van der Waals surface area contributed by atoms with Gasteiger partial charge in [0.15, 0.2) is 0 Å². The summed E-state index contributed by atoms with van der Waals surface area (Å²) >= 11 is 0. The second-order valence-electron chi connectivity index (χ2n) is 9.13. The molecule has 0 fully saturated rings. The summed E-state index contributed by atoms with van der Waals surface area (Å²) in [6.45, 7) is 10.8. The van der Waals surface area contributed by atoms with Crippen LogP contribution in [0.1, 0.15) is 80.1 Å². The van der Waals surface area contributed by atoms with Crippen molar-refractivity contribution < 1.29 is 38.1 Å². The number of unbranched alkanes of at least 4 members (excludes halogenated alkanes) is 3. The zero-order chi connectivity index (χ0) is 23.2. The van der Waals surface area contributed by atoms with Crippen molar-refractivity contribution in [3.63, 3.8) is 0 Å². The van der Waals surface area contributed by atoms with E-state index in [1.165, 1.54) is 0 Å². The Morgan fingerprint density at radius 1 is 0.500 bits per heavy atom. The van der Waals surface area contributed by atoms with E-state index < -0.39 is 10.8 Å². The maximum atomic E-state index is 11.6. The van der Waals surface area contributed by atoms with Crippen molar-refractivity contribution >= 4 is 23.9 Å². The molecule has 0 atom stereocenters. The third kappa shape index (κ3) is 14.8. The molecular weight excluding hydrogens is 392 g/mol. The highest BCUT2D eigenvalue weighted by atomic mass is 16.6. The first-order valence-electron chi connectivity index (χ1n) is 10.5. The molecule has 30 heavy (non-hydrogen) atoms. The van der Waals surface area contributed by atoms with Crippen molar-refractivity contribution in [1.82, 2.24) is 0 Å². The standard InChI is InChI=1S/C22H38O8/c1-21(2,3)19(25)29-15-13-27-17(23)11-9-7-8-10-12-18(24)28-14-16-30-20(26)22(4,5)6/h7-16H2,1-6H3. The van der Waals surface area contributed by atoms with Crippen LogP contribution in [0.5, 0.6) is 0 Å². The Labute approximate surface area is 180 Å². The van der Waals surface area contributed by atoms with Gasteiger partial charge in [0, 0.05) is 12.8 Å². The number of carbonyl (C=O) groups excluding carboxylic acids is 4. The van der Waals surface area contributed by atoms with E-state index in [9.17, 15) is 19.2 Å². The number of esters is 4. The van der Waals surface area contributed by atoms with E-state index in [-0.39, 0.29) is 63.1 Å². The number of hydrogen-bond acceptors (Lipinski definition) is 8. The zero-order valence-corrected chi connectivity index (χ0v) is 19.3. The van der Waals surface area contributed by atoms with Crippen LogP contribution in [0.3, 0.4) is 0 Å². The number of ether oxygens (including phenoxy) is 4. The molecular formula is C22H38O8. The van der Waals surface area contributed by atoms with Crippen molar-refractivity contribution in [3.05, 3.63) is 0 Å². The monoisotopic (exact) mass is 430 g/mol. The number of carbonyl (C=O) groups is 4. The molecule has 0 N–H and O–H groups in total. The molecule has 0 saturated heterocycles. The number of hydrogen-bond donors (Lipinski definition) is 0. The topological polar surface area (TPSA) is 105 Å². The van der Waals surface area contributed by atoms with Gasteiger partial charge in [-0.1, -0.05) is 12.8 Å². The predicted octanol–water partition coefficient (Wildman–Crippen LogP) is 3.59. The Bertz CT molecular complexity index is 504. The SMILES string of the molecule is CC(C)(C)C(=O)OCCOC(=O)CCCCCCC(=O)OCCOC(=O)C(C)(C)C. The fraction of sp³-hybridized carbons (Fsp3) is 0.818. The van der Waals surface area contributed by atoms with Crippen molar-refractivity contribution in [2.75, 3.05) is 26.4 Å². The van der Waals surface area contributed by atoms with Crippen LogP contribution < -0.4 is 0 Å². The normalized spacial score (nSPS) is 11.5. The molecule has 0 aliphatic heterocycles. The molecule has 0 saturated carbocycles. The average Bonchev–Trinajstić information content (AvgIpc) is 2.63. The van der Waals surface area contributed by atoms with Crippen LogP contribution >= 0.6 is 0 Å². The molecule has 0 aliphatic rings. The van der Waals surface area contributed by atoms with Crippen LogP contribution in [0, 0.1) is 10.8 Å². The van der Waals surface area contributed by atoms with Crippen LogP contribution in [0.15, 0.2) is 0 Å². The Hall–Kier alpha value is -2.12. The van der Waals surface area contributed by atoms with Gasteiger partial charge in [-0.05, 0) is 54.4 Å². The first-order chi connectivity index (χ1) is 13.8. The second kappa shape index (κ2) is 14.0. The molecule has 0 spiro atoms. The maximum Gasteiger partial charge on any atom is 0.311 e. The lowest BCUT2D eigenvalue weighted by molar-refractivity contribution is -0.158. The minimum absolute atomic E-state index is 0.0531. The van der Waals surface area contributed by atoms with E-state index in [2.05, 4.69) is 0 Å². The van der Waals surface area contributed by atoms with Crippen LogP contribution in [0.2, 0.25) is 0 Å². The minimum Gasteiger partial charge on any atom is -0.462 e. The van der Waals surface area contributed by atoms with Gasteiger partial charge in [0.2, 0.25) is 0 Å². The van der Waals surface area contributed by atoms with Crippen molar-refractivity contribution in [2.24, 2.45) is 10.8 Å². The van der Waals surface area contributed by atoms with Gasteiger partial charge in [0.25, 0.3) is 0 Å². The van der Waals surface area contributed by atoms with Gasteiger partial charge >= 0.3 is 23.9 Å². The van der Waals surface area contributed by atoms with Gasteiger partial charge in [-0.3, -0.25) is 19.2 Å². The molecule has 0 amide bonds. The highest BCUT2D eigenvalue weighted by molar-refractivity contribution is 5.75. The summed E-state index contributed by atoms with van der Waals surface area (Å²) in [6, 6.07) is 0. The molecule has 174 valence electrons. The Kier molecular flexibility index (Phi) is 13.0. The number of rotatable bonds is 13. The van der Waals surface area contributed by atoms with Gasteiger partial charge in [-0.15, -0.1) is 0 Å². The van der Waals surface area contributed by atoms with Gasteiger partial charge in [0.1, 0.15) is 26.4 Å². The van der Waals surface area contributed by atoms with E-state index in [1.54, 1.807) is 41.5 Å². The van der Waals surface area contributed by atoms with E-state index in [0.717, 1.165) is 12.8 Å². The lowest BCUT2D eigenvalue weighted by Crippen LogP contribution is -2.25. The van der Waals surface area contributed by atoms with Gasteiger partial charge in [-0.25, -0.2) is 0 Å². The van der Waals surface area contributed by atoms with Gasteiger partial charge < -0.3 is 18.9 Å². The van der Waals surface area contributed by atoms with E-state index in [4.69, 9.17) is 18.9 Å². The smallest absolute Gasteiger partial charge is 0.311 e. The summed E-state index contributed by atoms with van der Waals surface area (Å²) in [5.74, 6) is -1.32. The maximum absolute atomic E-state index is 11.6. The molecule has 0 bridgehead atoms. The second-order valence-corrected chi connectivity index (χ2v) is 9.13. The molecule has 0 aliphatic carbocycles. The molecule has 0 radical (unpaired) electrons. The third-order valence-corrected chi connectivity index (χ3v) is 3.90. The first-order valence-corrected chi connectivity index (χ1v) is 10.5. The Balaban J connectivity index is 3.57. The van der Waals surface area contributed by atoms with Crippen molar-refractivity contribution in [1.29, 1.82) is 0 Å². The highest BCUT2D eigenvalue weighted by Crippen LogP contribution is 2.15. The minimum atomic E-state index is -0.574. The van der Waals surface area contributed by atoms with Crippen LogP contribution in [0.4, 0.5) is 0 Å². The fourth-order valence-corrected chi connectivity index (χ4v) is 2.05. The fourth-order valence-electron chi connectivity index (χ4n) is 2.05. The summed E-state index contributed by atoms with van der Waals surface area (Å²) < 4.78 is 20.1.